The Kier molecular flexibility index (Phi) is 5.88. The van der Waals surface area contributed by atoms with Crippen molar-refractivity contribution in [3.05, 3.63) is 63.6 Å². The summed E-state index contributed by atoms with van der Waals surface area (Å²) in [7, 11) is 0. The van der Waals surface area contributed by atoms with Gasteiger partial charge in [-0.3, -0.25) is 4.79 Å². The first-order valence-electron chi connectivity index (χ1n) is 6.74. The van der Waals surface area contributed by atoms with Gasteiger partial charge in [0.2, 0.25) is 5.91 Å². The third kappa shape index (κ3) is 4.90. The van der Waals surface area contributed by atoms with Gasteiger partial charge >= 0.3 is 0 Å². The topological polar surface area (TPSA) is 29.1 Å². The van der Waals surface area contributed by atoms with Gasteiger partial charge in [-0.2, -0.15) is 0 Å². The number of anilines is 1. The van der Waals surface area contributed by atoms with Crippen LogP contribution < -0.4 is 5.32 Å². The molecule has 1 N–H and O–H groups in total. The maximum Gasteiger partial charge on any atom is 0.234 e. The predicted octanol–water partition coefficient (Wildman–Crippen LogP) is 4.94. The second-order valence-corrected chi connectivity index (χ2v) is 6.82. The minimum Gasteiger partial charge on any atom is -0.325 e. The van der Waals surface area contributed by atoms with Crippen LogP contribution >= 0.6 is 27.7 Å². The third-order valence-electron chi connectivity index (χ3n) is 3.27. The lowest BCUT2D eigenvalue weighted by molar-refractivity contribution is -0.113. The molecular formula is C17H18BrNOS. The van der Waals surface area contributed by atoms with E-state index < -0.39 is 0 Å². The lowest BCUT2D eigenvalue weighted by Crippen LogP contribution is -2.15. The number of benzene rings is 2. The standard InChI is InChI=1S/C17H18BrNOS/c1-12-5-3-8-16(13(12)2)19-17(20)11-21-10-14-6-4-7-15(18)9-14/h3-9H,10-11H2,1-2H3,(H,19,20). The molecule has 2 nitrogen and oxygen atoms in total. The van der Waals surface area contributed by atoms with Gasteiger partial charge in [0.15, 0.2) is 0 Å². The highest BCUT2D eigenvalue weighted by atomic mass is 79.9. The number of nitrogens with one attached hydrogen (secondary N) is 1. The lowest BCUT2D eigenvalue weighted by Gasteiger charge is -2.10. The van der Waals surface area contributed by atoms with Crippen LogP contribution in [0.5, 0.6) is 0 Å². The zero-order chi connectivity index (χ0) is 15.2. The molecular weight excluding hydrogens is 346 g/mol. The van der Waals surface area contributed by atoms with Gasteiger partial charge in [-0.25, -0.2) is 0 Å². The minimum absolute atomic E-state index is 0.0451. The molecule has 0 saturated carbocycles. The molecule has 0 aliphatic heterocycles. The smallest absolute Gasteiger partial charge is 0.234 e. The van der Waals surface area contributed by atoms with Crippen LogP contribution in [-0.2, 0) is 10.5 Å². The van der Waals surface area contributed by atoms with Crippen molar-refractivity contribution < 1.29 is 4.79 Å². The number of hydrogen-bond acceptors (Lipinski definition) is 2. The van der Waals surface area contributed by atoms with E-state index in [0.717, 1.165) is 21.5 Å². The average molecular weight is 364 g/mol. The number of hydrogen-bond donors (Lipinski definition) is 1. The van der Waals surface area contributed by atoms with Gasteiger partial charge in [0, 0.05) is 15.9 Å². The van der Waals surface area contributed by atoms with Gasteiger partial charge in [-0.15, -0.1) is 11.8 Å². The Morgan fingerprint density at radius 2 is 1.95 bits per heavy atom. The van der Waals surface area contributed by atoms with Crippen LogP contribution in [0.25, 0.3) is 0 Å². The van der Waals surface area contributed by atoms with E-state index in [-0.39, 0.29) is 5.91 Å². The van der Waals surface area contributed by atoms with E-state index in [1.165, 1.54) is 11.1 Å². The zero-order valence-corrected chi connectivity index (χ0v) is 14.6. The van der Waals surface area contributed by atoms with E-state index in [0.29, 0.717) is 5.75 Å². The second-order valence-electron chi connectivity index (χ2n) is 4.92. The van der Waals surface area contributed by atoms with Crippen molar-refractivity contribution in [2.45, 2.75) is 19.6 Å². The first kappa shape index (κ1) is 16.1. The lowest BCUT2D eigenvalue weighted by atomic mass is 10.1. The molecule has 0 heterocycles. The fourth-order valence-corrected chi connectivity index (χ4v) is 3.18. The molecule has 0 bridgehead atoms. The molecule has 2 aromatic carbocycles. The molecule has 4 heteroatoms. The molecule has 0 saturated heterocycles. The quantitative estimate of drug-likeness (QED) is 0.814. The second kappa shape index (κ2) is 7.66. The fourth-order valence-electron chi connectivity index (χ4n) is 1.96. The van der Waals surface area contributed by atoms with Gasteiger partial charge in [-0.05, 0) is 48.7 Å². The SMILES string of the molecule is Cc1cccc(NC(=O)CSCc2cccc(Br)c2)c1C. The summed E-state index contributed by atoms with van der Waals surface area (Å²) in [6, 6.07) is 14.1. The summed E-state index contributed by atoms with van der Waals surface area (Å²) in [6.07, 6.45) is 0. The number of amides is 1. The fraction of sp³-hybridized carbons (Fsp3) is 0.235. The summed E-state index contributed by atoms with van der Waals surface area (Å²) in [5.74, 6) is 1.34. The molecule has 1 amide bonds. The van der Waals surface area contributed by atoms with Gasteiger partial charge in [0.1, 0.15) is 0 Å². The van der Waals surface area contributed by atoms with Crippen molar-refractivity contribution in [3.63, 3.8) is 0 Å². The van der Waals surface area contributed by atoms with Gasteiger partial charge in [-0.1, -0.05) is 40.2 Å². The molecule has 0 atom stereocenters. The Bertz CT molecular complexity index is 642. The Morgan fingerprint density at radius 1 is 1.19 bits per heavy atom. The van der Waals surface area contributed by atoms with E-state index in [9.17, 15) is 4.79 Å². The first-order chi connectivity index (χ1) is 10.1. The van der Waals surface area contributed by atoms with Crippen LogP contribution in [0.2, 0.25) is 0 Å². The summed E-state index contributed by atoms with van der Waals surface area (Å²) in [6.45, 7) is 4.08. The van der Waals surface area contributed by atoms with E-state index in [4.69, 9.17) is 0 Å². The maximum absolute atomic E-state index is 12.0. The van der Waals surface area contributed by atoms with Crippen LogP contribution in [0.1, 0.15) is 16.7 Å². The third-order valence-corrected chi connectivity index (χ3v) is 4.77. The van der Waals surface area contributed by atoms with Crippen LogP contribution in [0, 0.1) is 13.8 Å². The number of aryl methyl sites for hydroxylation is 1. The predicted molar refractivity (Wildman–Crippen MR) is 94.8 cm³/mol. The van der Waals surface area contributed by atoms with Crippen LogP contribution in [0.4, 0.5) is 5.69 Å². The zero-order valence-electron chi connectivity index (χ0n) is 12.2. The Hall–Kier alpha value is -1.26. The molecule has 0 aliphatic rings. The summed E-state index contributed by atoms with van der Waals surface area (Å²) in [5, 5.41) is 2.98. The summed E-state index contributed by atoms with van der Waals surface area (Å²) < 4.78 is 1.07. The van der Waals surface area contributed by atoms with E-state index in [2.05, 4.69) is 33.4 Å². The highest BCUT2D eigenvalue weighted by Crippen LogP contribution is 2.20. The molecule has 0 spiro atoms. The maximum atomic E-state index is 12.0. The van der Waals surface area contributed by atoms with Crippen molar-refractivity contribution in [1.82, 2.24) is 0 Å². The highest BCUT2D eigenvalue weighted by Gasteiger charge is 2.06. The van der Waals surface area contributed by atoms with Crippen molar-refractivity contribution in [2.24, 2.45) is 0 Å². The normalized spacial score (nSPS) is 10.4. The first-order valence-corrected chi connectivity index (χ1v) is 8.69. The van der Waals surface area contributed by atoms with Crippen LogP contribution in [-0.4, -0.2) is 11.7 Å². The van der Waals surface area contributed by atoms with Crippen LogP contribution in [0.3, 0.4) is 0 Å². The number of carbonyl (C=O) groups excluding carboxylic acids is 1. The van der Waals surface area contributed by atoms with Crippen molar-refractivity contribution in [1.29, 1.82) is 0 Å². The van der Waals surface area contributed by atoms with E-state index in [1.54, 1.807) is 11.8 Å². The number of thioether (sulfide) groups is 1. The molecule has 110 valence electrons. The number of rotatable bonds is 5. The van der Waals surface area contributed by atoms with Gasteiger partial charge < -0.3 is 5.32 Å². The summed E-state index contributed by atoms with van der Waals surface area (Å²) in [4.78, 5) is 12.0. The van der Waals surface area contributed by atoms with Crippen molar-refractivity contribution in [3.8, 4) is 0 Å². The summed E-state index contributed by atoms with van der Waals surface area (Å²) >= 11 is 5.07. The molecule has 0 aromatic heterocycles. The monoisotopic (exact) mass is 363 g/mol. The number of halogens is 1. The van der Waals surface area contributed by atoms with Gasteiger partial charge in [0.25, 0.3) is 0 Å². The molecule has 0 radical (unpaired) electrons. The highest BCUT2D eigenvalue weighted by molar-refractivity contribution is 9.10. The van der Waals surface area contributed by atoms with E-state index in [1.807, 2.05) is 44.2 Å². The Labute approximate surface area is 138 Å². The molecule has 0 aliphatic carbocycles. The molecule has 0 fully saturated rings. The molecule has 21 heavy (non-hydrogen) atoms. The molecule has 2 aromatic rings. The average Bonchev–Trinajstić information content (AvgIpc) is 2.44. The van der Waals surface area contributed by atoms with Crippen molar-refractivity contribution >= 4 is 39.3 Å². The Balaban J connectivity index is 1.84. The summed E-state index contributed by atoms with van der Waals surface area (Å²) in [5.41, 5.74) is 4.44. The van der Waals surface area contributed by atoms with Crippen molar-refractivity contribution in [2.75, 3.05) is 11.1 Å². The largest absolute Gasteiger partial charge is 0.325 e. The van der Waals surface area contributed by atoms with E-state index >= 15 is 0 Å². The van der Waals surface area contributed by atoms with Gasteiger partial charge in [0.05, 0.1) is 5.75 Å². The number of carbonyl (C=O) groups is 1. The molecule has 2 rings (SSSR count). The van der Waals surface area contributed by atoms with Crippen LogP contribution in [0.15, 0.2) is 46.9 Å². The molecule has 0 unspecified atom stereocenters. The minimum atomic E-state index is 0.0451. The Morgan fingerprint density at radius 3 is 2.71 bits per heavy atom.